The number of hydrogen-bond donors (Lipinski definition) is 12. The van der Waals surface area contributed by atoms with Crippen molar-refractivity contribution in [2.45, 2.75) is 134 Å². The fourth-order valence-electron chi connectivity index (χ4n) is 7.66. The molecule has 23 nitrogen and oxygen atoms in total. The van der Waals surface area contributed by atoms with Gasteiger partial charge in [0.1, 0.15) is 48.0 Å². The average Bonchev–Trinajstić information content (AvgIpc) is 3.84. The van der Waals surface area contributed by atoms with Crippen LogP contribution in [0.2, 0.25) is 0 Å². The Labute approximate surface area is 411 Å². The van der Waals surface area contributed by atoms with Gasteiger partial charge in [0, 0.05) is 25.8 Å². The molecule has 2 aromatic rings. The second kappa shape index (κ2) is 28.5. The lowest BCUT2D eigenvalue weighted by atomic mass is 9.95. The topological polar surface area (TPSA) is 365 Å². The van der Waals surface area contributed by atoms with E-state index in [2.05, 4.69) is 37.2 Å². The van der Waals surface area contributed by atoms with E-state index in [9.17, 15) is 63.3 Å². The standard InChI is InChI=1S/C48H69N9O14/c1-6-26(3)39(45(67)50-24-37(60)51-32(48(70)71)19-20-38(61)62)55-42(64)34(22-29-12-9-8-10-13-29)53-46(68)40(27(4)7-2)56-43(65)35(25-58)54-41(63)33(23-30-15-17-31(59)18-16-30)52-44(66)36-14-11-21-57(36)47(69)28(5)49/h8-10,12-13,15-18,26-28,32-36,39-40,58-59H,6-7,11,14,19-25,49H2,1-5H3,(H,50,67)(H,51,60)(H,52,66)(H,53,68)(H,54,63)(H,55,64)(H,56,65)(H,61,62)(H,70,71)/t26-,27-,28-,32-,33-,34-,35-,36-,39-,40-/m0/s1. The van der Waals surface area contributed by atoms with E-state index < -0.39 is 145 Å². The number of carbonyl (C=O) groups is 10. The highest BCUT2D eigenvalue weighted by molar-refractivity contribution is 5.98. The number of likely N-dealkylation sites (tertiary alicyclic amines) is 1. The second-order valence-corrected chi connectivity index (χ2v) is 17.8. The van der Waals surface area contributed by atoms with Crippen molar-refractivity contribution < 1.29 is 68.4 Å². The van der Waals surface area contributed by atoms with Crippen LogP contribution < -0.4 is 43.0 Å². The largest absolute Gasteiger partial charge is 0.508 e. The summed E-state index contributed by atoms with van der Waals surface area (Å²) in [4.78, 5) is 133. The summed E-state index contributed by atoms with van der Waals surface area (Å²) in [5.41, 5.74) is 6.93. The number of carbonyl (C=O) groups excluding carboxylic acids is 8. The number of phenols is 1. The van der Waals surface area contributed by atoms with E-state index in [0.29, 0.717) is 36.8 Å². The number of carboxylic acid groups (broad SMARTS) is 2. The lowest BCUT2D eigenvalue weighted by molar-refractivity contribution is -0.143. The number of nitrogens with two attached hydrogens (primary N) is 1. The predicted octanol–water partition coefficient (Wildman–Crippen LogP) is -1.43. The van der Waals surface area contributed by atoms with Gasteiger partial charge in [-0.15, -0.1) is 0 Å². The lowest BCUT2D eigenvalue weighted by Crippen LogP contribution is -2.62. The fraction of sp³-hybridized carbons (Fsp3) is 0.542. The summed E-state index contributed by atoms with van der Waals surface area (Å²) in [6.45, 7) is 6.91. The Morgan fingerprint density at radius 2 is 1.18 bits per heavy atom. The van der Waals surface area contributed by atoms with Crippen molar-refractivity contribution in [3.8, 4) is 5.75 Å². The molecule has 390 valence electrons. The first-order chi connectivity index (χ1) is 33.6. The van der Waals surface area contributed by atoms with Gasteiger partial charge in [-0.1, -0.05) is 83.0 Å². The Morgan fingerprint density at radius 1 is 0.662 bits per heavy atom. The number of nitrogens with one attached hydrogen (secondary N) is 7. The van der Waals surface area contributed by atoms with Crippen molar-refractivity contribution in [3.63, 3.8) is 0 Å². The van der Waals surface area contributed by atoms with Crippen LogP contribution in [-0.2, 0) is 60.8 Å². The van der Waals surface area contributed by atoms with Crippen LogP contribution in [0.25, 0.3) is 0 Å². The summed E-state index contributed by atoms with van der Waals surface area (Å²) in [5.74, 6) is -10.3. The average molecular weight is 996 g/mol. The number of hydrogen-bond acceptors (Lipinski definition) is 13. The number of rotatable bonds is 28. The molecule has 71 heavy (non-hydrogen) atoms. The van der Waals surface area contributed by atoms with E-state index >= 15 is 0 Å². The molecule has 1 fully saturated rings. The highest BCUT2D eigenvalue weighted by Crippen LogP contribution is 2.20. The summed E-state index contributed by atoms with van der Waals surface area (Å²) >= 11 is 0. The lowest BCUT2D eigenvalue weighted by Gasteiger charge is -2.30. The number of aliphatic hydroxyl groups excluding tert-OH is 1. The first-order valence-corrected chi connectivity index (χ1v) is 23.6. The molecule has 1 aliphatic rings. The maximum atomic E-state index is 14.3. The van der Waals surface area contributed by atoms with Crippen LogP contribution in [0.5, 0.6) is 5.75 Å². The molecule has 0 radical (unpaired) electrons. The van der Waals surface area contributed by atoms with Gasteiger partial charge in [0.15, 0.2) is 0 Å². The molecule has 1 saturated heterocycles. The molecule has 0 spiro atoms. The van der Waals surface area contributed by atoms with E-state index in [1.54, 1.807) is 58.0 Å². The first kappa shape index (κ1) is 58.2. The number of benzene rings is 2. The van der Waals surface area contributed by atoms with Crippen LogP contribution in [0.15, 0.2) is 54.6 Å². The zero-order valence-electron chi connectivity index (χ0n) is 40.6. The summed E-state index contributed by atoms with van der Waals surface area (Å²) in [5, 5.41) is 56.2. The van der Waals surface area contributed by atoms with Crippen LogP contribution >= 0.6 is 0 Å². The minimum absolute atomic E-state index is 0.0519. The molecule has 0 saturated carbocycles. The quantitative estimate of drug-likeness (QED) is 0.0465. The molecule has 0 bridgehead atoms. The van der Waals surface area contributed by atoms with Crippen molar-refractivity contribution in [2.24, 2.45) is 17.6 Å². The summed E-state index contributed by atoms with van der Waals surface area (Å²) in [6.07, 6.45) is 0.334. The van der Waals surface area contributed by atoms with Crippen molar-refractivity contribution >= 4 is 59.2 Å². The van der Waals surface area contributed by atoms with Crippen LogP contribution in [0, 0.1) is 11.8 Å². The molecule has 8 amide bonds. The predicted molar refractivity (Wildman–Crippen MR) is 255 cm³/mol. The van der Waals surface area contributed by atoms with Crippen molar-refractivity contribution in [1.29, 1.82) is 0 Å². The van der Waals surface area contributed by atoms with Gasteiger partial charge in [-0.05, 0) is 61.3 Å². The molecule has 13 N–H and O–H groups in total. The minimum Gasteiger partial charge on any atom is -0.508 e. The number of amides is 8. The molecular weight excluding hydrogens is 927 g/mol. The molecule has 0 unspecified atom stereocenters. The van der Waals surface area contributed by atoms with Gasteiger partial charge < -0.3 is 68.3 Å². The van der Waals surface area contributed by atoms with Gasteiger partial charge in [-0.2, -0.15) is 0 Å². The van der Waals surface area contributed by atoms with Gasteiger partial charge in [0.25, 0.3) is 0 Å². The molecule has 1 heterocycles. The Bertz CT molecular complexity index is 2180. The Hall–Kier alpha value is -7.14. The smallest absolute Gasteiger partial charge is 0.326 e. The third kappa shape index (κ3) is 18.3. The van der Waals surface area contributed by atoms with E-state index in [0.717, 1.165) is 0 Å². The highest BCUT2D eigenvalue weighted by Gasteiger charge is 2.39. The van der Waals surface area contributed by atoms with Crippen molar-refractivity contribution in [3.05, 3.63) is 65.7 Å². The minimum atomic E-state index is -1.66. The number of phenolic OH excluding ortho intramolecular Hbond substituents is 1. The number of aromatic hydroxyl groups is 1. The third-order valence-electron chi connectivity index (χ3n) is 12.3. The van der Waals surface area contributed by atoms with E-state index in [1.165, 1.54) is 36.1 Å². The maximum Gasteiger partial charge on any atom is 0.326 e. The fourth-order valence-corrected chi connectivity index (χ4v) is 7.66. The van der Waals surface area contributed by atoms with Gasteiger partial charge in [-0.3, -0.25) is 43.2 Å². The molecular formula is C48H69N9O14. The third-order valence-corrected chi connectivity index (χ3v) is 12.3. The number of carboxylic acids is 2. The van der Waals surface area contributed by atoms with Crippen LogP contribution in [0.1, 0.15) is 84.3 Å². The first-order valence-electron chi connectivity index (χ1n) is 23.6. The molecule has 23 heteroatoms. The Morgan fingerprint density at radius 3 is 1.72 bits per heavy atom. The second-order valence-electron chi connectivity index (χ2n) is 17.8. The van der Waals surface area contributed by atoms with Gasteiger partial charge >= 0.3 is 11.9 Å². The zero-order valence-corrected chi connectivity index (χ0v) is 40.6. The monoisotopic (exact) mass is 995 g/mol. The van der Waals surface area contributed by atoms with Crippen molar-refractivity contribution in [1.82, 2.24) is 42.1 Å². The Balaban J connectivity index is 1.83. The Kier molecular flexibility index (Phi) is 23.4. The number of aliphatic hydroxyl groups is 1. The van der Waals surface area contributed by atoms with Crippen LogP contribution in [0.4, 0.5) is 0 Å². The molecule has 2 aromatic carbocycles. The SMILES string of the molecule is CC[C@H](C)[C@H](NC(=O)[C@H](Cc1ccccc1)NC(=O)[C@@H](NC(=O)[C@H](CO)NC(=O)[C@H](Cc1ccc(O)cc1)NC(=O)[C@@H]1CCCN1C(=O)[C@H](C)N)[C@@H](C)CC)C(=O)NCC(=O)N[C@@H](CCC(=O)O)C(=O)O. The molecule has 3 rings (SSSR count). The normalized spacial score (nSPS) is 17.0. The number of nitrogens with zero attached hydrogens (tertiary/aromatic N) is 1. The van der Waals surface area contributed by atoms with Gasteiger partial charge in [0.05, 0.1) is 19.2 Å². The van der Waals surface area contributed by atoms with E-state index in [4.69, 9.17) is 10.8 Å². The molecule has 10 atom stereocenters. The number of aliphatic carboxylic acids is 2. The highest BCUT2D eigenvalue weighted by atomic mass is 16.4. The van der Waals surface area contributed by atoms with Gasteiger partial charge in [0.2, 0.25) is 47.3 Å². The molecule has 0 aliphatic carbocycles. The summed E-state index contributed by atoms with van der Waals surface area (Å²) in [7, 11) is 0. The van der Waals surface area contributed by atoms with E-state index in [1.807, 2.05) is 0 Å². The maximum absolute atomic E-state index is 14.3. The molecule has 0 aromatic heterocycles. The van der Waals surface area contributed by atoms with Crippen LogP contribution in [-0.4, -0.2) is 153 Å². The van der Waals surface area contributed by atoms with Crippen LogP contribution in [0.3, 0.4) is 0 Å². The van der Waals surface area contributed by atoms with Crippen molar-refractivity contribution in [2.75, 3.05) is 19.7 Å². The molecule has 1 aliphatic heterocycles. The summed E-state index contributed by atoms with van der Waals surface area (Å²) < 4.78 is 0. The van der Waals surface area contributed by atoms with E-state index in [-0.39, 0.29) is 25.1 Å². The zero-order chi connectivity index (χ0) is 52.9. The van der Waals surface area contributed by atoms with Gasteiger partial charge in [-0.25, -0.2) is 4.79 Å². The summed E-state index contributed by atoms with van der Waals surface area (Å²) in [6, 6.07) is 4.02.